The van der Waals surface area contributed by atoms with Crippen LogP contribution in [0, 0.1) is 0 Å². The van der Waals surface area contributed by atoms with Gasteiger partial charge in [0.1, 0.15) is 4.47 Å². The Balaban J connectivity index is 2.91. The Morgan fingerprint density at radius 3 is 2.94 bits per heavy atom. The van der Waals surface area contributed by atoms with Gasteiger partial charge >= 0.3 is 0 Å². The molecule has 1 aromatic rings. The zero-order valence-electron chi connectivity index (χ0n) is 10.4. The van der Waals surface area contributed by atoms with Crippen LogP contribution in [0.5, 0.6) is 0 Å². The Hall–Kier alpha value is -0.920. The zero-order valence-corrected chi connectivity index (χ0v) is 12.0. The van der Waals surface area contributed by atoms with Crippen molar-refractivity contribution in [3.8, 4) is 0 Å². The van der Waals surface area contributed by atoms with Gasteiger partial charge in [0.25, 0.3) is 5.56 Å². The number of nitrogens with one attached hydrogen (secondary N) is 1. The van der Waals surface area contributed by atoms with E-state index in [2.05, 4.69) is 33.3 Å². The molecule has 0 amide bonds. The Morgan fingerprint density at radius 1 is 1.67 bits per heavy atom. The molecule has 0 saturated carbocycles. The summed E-state index contributed by atoms with van der Waals surface area (Å²) in [5, 5.41) is 16.0. The highest BCUT2D eigenvalue weighted by Crippen LogP contribution is 2.18. The van der Waals surface area contributed by atoms with E-state index in [-0.39, 0.29) is 24.8 Å². The molecular weight excluding hydrogens is 300 g/mol. The molecule has 0 radical (unpaired) electrons. The summed E-state index contributed by atoms with van der Waals surface area (Å²) in [6, 6.07) is 0.126. The van der Waals surface area contributed by atoms with Gasteiger partial charge in [0.15, 0.2) is 0 Å². The van der Waals surface area contributed by atoms with E-state index < -0.39 is 0 Å². The summed E-state index contributed by atoms with van der Waals surface area (Å²) in [4.78, 5) is 11.9. The smallest absolute Gasteiger partial charge is 0.283 e. The number of hydrogen-bond donors (Lipinski definition) is 3. The fraction of sp³-hybridized carbons (Fsp3) is 0.636. The first-order chi connectivity index (χ1) is 8.63. The van der Waals surface area contributed by atoms with Crippen molar-refractivity contribution in [1.29, 1.82) is 0 Å². The van der Waals surface area contributed by atoms with Crippen molar-refractivity contribution >= 4 is 21.6 Å². The molecule has 0 fully saturated rings. The van der Waals surface area contributed by atoms with E-state index in [1.54, 1.807) is 6.20 Å². The lowest BCUT2D eigenvalue weighted by Crippen LogP contribution is -2.31. The second-order valence-corrected chi connectivity index (χ2v) is 4.78. The maximum atomic E-state index is 11.9. The van der Waals surface area contributed by atoms with Crippen molar-refractivity contribution in [3.63, 3.8) is 0 Å². The summed E-state index contributed by atoms with van der Waals surface area (Å²) in [6.45, 7) is 2.65. The first-order valence-corrected chi connectivity index (χ1v) is 6.76. The molecule has 7 heteroatoms. The van der Waals surface area contributed by atoms with E-state index >= 15 is 0 Å². The van der Waals surface area contributed by atoms with Crippen LogP contribution in [0.3, 0.4) is 0 Å². The maximum absolute atomic E-state index is 11.9. The van der Waals surface area contributed by atoms with Gasteiger partial charge in [-0.1, -0.05) is 13.3 Å². The van der Waals surface area contributed by atoms with Crippen LogP contribution in [0.1, 0.15) is 19.8 Å². The number of nitrogens with two attached hydrogens (primary N) is 1. The molecule has 0 spiro atoms. The van der Waals surface area contributed by atoms with Crippen molar-refractivity contribution in [2.45, 2.75) is 32.4 Å². The fourth-order valence-electron chi connectivity index (χ4n) is 1.64. The third kappa shape index (κ3) is 3.79. The van der Waals surface area contributed by atoms with Gasteiger partial charge in [-0.15, -0.1) is 0 Å². The lowest BCUT2D eigenvalue weighted by atomic mass is 10.1. The Bertz CT molecular complexity index is 436. The third-order valence-corrected chi connectivity index (χ3v) is 3.34. The zero-order chi connectivity index (χ0) is 13.5. The molecule has 18 heavy (non-hydrogen) atoms. The maximum Gasteiger partial charge on any atom is 0.283 e. The number of hydrogen-bond acceptors (Lipinski definition) is 5. The summed E-state index contributed by atoms with van der Waals surface area (Å²) >= 11 is 3.25. The Morgan fingerprint density at radius 2 is 2.39 bits per heavy atom. The first-order valence-electron chi connectivity index (χ1n) is 5.97. The summed E-state index contributed by atoms with van der Waals surface area (Å²) in [7, 11) is 0. The molecule has 0 aliphatic rings. The van der Waals surface area contributed by atoms with Crippen LogP contribution in [-0.4, -0.2) is 34.1 Å². The molecule has 1 aromatic heterocycles. The molecule has 0 bridgehead atoms. The van der Waals surface area contributed by atoms with Crippen molar-refractivity contribution in [3.05, 3.63) is 21.0 Å². The van der Waals surface area contributed by atoms with Gasteiger partial charge in [0.2, 0.25) is 0 Å². The normalized spacial score (nSPS) is 12.4. The number of aromatic nitrogens is 2. The molecule has 0 aliphatic heterocycles. The summed E-state index contributed by atoms with van der Waals surface area (Å²) in [6.07, 6.45) is 3.52. The molecule has 1 heterocycles. The lowest BCUT2D eigenvalue weighted by Gasteiger charge is -2.18. The van der Waals surface area contributed by atoms with Gasteiger partial charge in [-0.2, -0.15) is 5.10 Å². The molecular formula is C11H19BrN4O2. The quantitative estimate of drug-likeness (QED) is 0.682. The number of aliphatic hydroxyl groups excluding tert-OH is 1. The van der Waals surface area contributed by atoms with Crippen molar-refractivity contribution < 1.29 is 5.11 Å². The molecule has 4 N–H and O–H groups in total. The highest BCUT2D eigenvalue weighted by atomic mass is 79.9. The highest BCUT2D eigenvalue weighted by Gasteiger charge is 2.12. The minimum absolute atomic E-state index is 0.118. The average Bonchev–Trinajstić information content (AvgIpc) is 2.37. The fourth-order valence-corrected chi connectivity index (χ4v) is 2.06. The van der Waals surface area contributed by atoms with Crippen LogP contribution in [0.15, 0.2) is 15.5 Å². The van der Waals surface area contributed by atoms with Gasteiger partial charge in [-0.05, 0) is 22.4 Å². The largest absolute Gasteiger partial charge is 0.394 e. The molecule has 0 aromatic carbocycles. The predicted molar refractivity (Wildman–Crippen MR) is 74.7 cm³/mol. The summed E-state index contributed by atoms with van der Waals surface area (Å²) in [5.74, 6) is 0. The molecule has 1 rings (SSSR count). The second kappa shape index (κ2) is 7.50. The SMILES string of the molecule is CCCC(CN)Nc1cnn(CCO)c(=O)c1Br. The van der Waals surface area contributed by atoms with E-state index in [9.17, 15) is 4.79 Å². The predicted octanol–water partition coefficient (Wildman–Crippen LogP) is 0.537. The summed E-state index contributed by atoms with van der Waals surface area (Å²) < 4.78 is 1.63. The van der Waals surface area contributed by atoms with Gasteiger partial charge in [0.05, 0.1) is 25.0 Å². The minimum Gasteiger partial charge on any atom is -0.394 e. The van der Waals surface area contributed by atoms with Crippen molar-refractivity contribution in [1.82, 2.24) is 9.78 Å². The summed E-state index contributed by atoms with van der Waals surface area (Å²) in [5.41, 5.74) is 6.03. The number of anilines is 1. The van der Waals surface area contributed by atoms with Crippen LogP contribution >= 0.6 is 15.9 Å². The van der Waals surface area contributed by atoms with Gasteiger partial charge in [-0.3, -0.25) is 4.79 Å². The topological polar surface area (TPSA) is 93.2 Å². The van der Waals surface area contributed by atoms with E-state index in [1.165, 1.54) is 4.68 Å². The molecule has 0 aliphatic carbocycles. The van der Waals surface area contributed by atoms with E-state index in [1.807, 2.05) is 0 Å². The molecule has 1 atom stereocenters. The van der Waals surface area contributed by atoms with E-state index in [0.717, 1.165) is 12.8 Å². The van der Waals surface area contributed by atoms with E-state index in [0.29, 0.717) is 16.7 Å². The number of halogens is 1. The van der Waals surface area contributed by atoms with Gasteiger partial charge < -0.3 is 16.2 Å². The second-order valence-electron chi connectivity index (χ2n) is 3.99. The molecule has 102 valence electrons. The molecule has 1 unspecified atom stereocenters. The molecule has 0 saturated heterocycles. The number of rotatable bonds is 7. The lowest BCUT2D eigenvalue weighted by molar-refractivity contribution is 0.266. The third-order valence-electron chi connectivity index (χ3n) is 2.58. The van der Waals surface area contributed by atoms with Crippen LogP contribution in [-0.2, 0) is 6.54 Å². The number of aliphatic hydroxyl groups is 1. The Kier molecular flexibility index (Phi) is 6.31. The number of nitrogens with zero attached hydrogens (tertiary/aromatic N) is 2. The highest BCUT2D eigenvalue weighted by molar-refractivity contribution is 9.10. The van der Waals surface area contributed by atoms with Crippen molar-refractivity contribution in [2.24, 2.45) is 5.73 Å². The first kappa shape index (κ1) is 15.1. The molecule has 6 nitrogen and oxygen atoms in total. The van der Waals surface area contributed by atoms with E-state index in [4.69, 9.17) is 10.8 Å². The average molecular weight is 319 g/mol. The standard InChI is InChI=1S/C11H19BrN4O2/c1-2-3-8(6-13)15-9-7-14-16(4-5-17)11(18)10(9)12/h7-8,15,17H,2-6,13H2,1H3. The van der Waals surface area contributed by atoms with Crippen LogP contribution in [0.25, 0.3) is 0 Å². The Labute approximate surface area is 114 Å². The van der Waals surface area contributed by atoms with Gasteiger partial charge in [-0.25, -0.2) is 4.68 Å². The van der Waals surface area contributed by atoms with Gasteiger partial charge in [0, 0.05) is 12.6 Å². The van der Waals surface area contributed by atoms with Crippen LogP contribution < -0.4 is 16.6 Å². The van der Waals surface area contributed by atoms with Crippen LogP contribution in [0.2, 0.25) is 0 Å². The minimum atomic E-state index is -0.263. The van der Waals surface area contributed by atoms with Crippen molar-refractivity contribution in [2.75, 3.05) is 18.5 Å². The van der Waals surface area contributed by atoms with Crippen LogP contribution in [0.4, 0.5) is 5.69 Å². The monoisotopic (exact) mass is 318 g/mol.